The van der Waals surface area contributed by atoms with Gasteiger partial charge >= 0.3 is 0 Å². The molecule has 5 heteroatoms. The maximum Gasteiger partial charge on any atom is 0.233 e. The number of hydrogen-bond acceptors (Lipinski definition) is 2. The standard InChI is InChI=1S/C17H17BrN2O2/c1-11-3-6-14(7-4-11)19-16(21)10-17(22)20-15-8-5-13(18)9-12(15)2/h3-9H,10H2,1-2H3,(H,19,21)(H,20,22). The van der Waals surface area contributed by atoms with Crippen LogP contribution in [0.4, 0.5) is 11.4 Å². The van der Waals surface area contributed by atoms with Crippen molar-refractivity contribution in [3.8, 4) is 0 Å². The van der Waals surface area contributed by atoms with Crippen LogP contribution in [0.3, 0.4) is 0 Å². The van der Waals surface area contributed by atoms with Crippen molar-refractivity contribution in [2.45, 2.75) is 20.3 Å². The first-order valence-corrected chi connectivity index (χ1v) is 7.66. The molecule has 0 aliphatic heterocycles. The average Bonchev–Trinajstić information content (AvgIpc) is 2.44. The molecule has 0 aliphatic carbocycles. The van der Waals surface area contributed by atoms with Crippen molar-refractivity contribution in [2.24, 2.45) is 0 Å². The van der Waals surface area contributed by atoms with Gasteiger partial charge < -0.3 is 10.6 Å². The zero-order valence-corrected chi connectivity index (χ0v) is 14.0. The van der Waals surface area contributed by atoms with Crippen LogP contribution in [0.15, 0.2) is 46.9 Å². The minimum atomic E-state index is -0.338. The van der Waals surface area contributed by atoms with Gasteiger partial charge in [-0.25, -0.2) is 0 Å². The molecule has 2 aromatic rings. The molecule has 0 aliphatic rings. The molecule has 0 heterocycles. The summed E-state index contributed by atoms with van der Waals surface area (Å²) >= 11 is 3.37. The van der Waals surface area contributed by atoms with E-state index in [-0.39, 0.29) is 18.2 Å². The van der Waals surface area contributed by atoms with Crippen LogP contribution < -0.4 is 10.6 Å². The van der Waals surface area contributed by atoms with E-state index in [9.17, 15) is 9.59 Å². The van der Waals surface area contributed by atoms with E-state index in [0.29, 0.717) is 11.4 Å². The first-order chi connectivity index (χ1) is 10.4. The zero-order valence-electron chi connectivity index (χ0n) is 12.4. The van der Waals surface area contributed by atoms with Crippen LogP contribution in [-0.2, 0) is 9.59 Å². The van der Waals surface area contributed by atoms with Crippen molar-refractivity contribution in [3.05, 3.63) is 58.1 Å². The maximum absolute atomic E-state index is 11.9. The van der Waals surface area contributed by atoms with Crippen molar-refractivity contribution in [3.63, 3.8) is 0 Å². The Morgan fingerprint density at radius 2 is 1.59 bits per heavy atom. The third kappa shape index (κ3) is 4.70. The lowest BCUT2D eigenvalue weighted by molar-refractivity contribution is -0.123. The molecule has 0 spiro atoms. The molecule has 22 heavy (non-hydrogen) atoms. The molecule has 0 bridgehead atoms. The molecule has 114 valence electrons. The summed E-state index contributed by atoms with van der Waals surface area (Å²) in [5.74, 6) is -0.675. The third-order valence-corrected chi connectivity index (χ3v) is 3.61. The number of aryl methyl sites for hydroxylation is 2. The van der Waals surface area contributed by atoms with Gasteiger partial charge in [0.05, 0.1) is 0 Å². The molecule has 2 aromatic carbocycles. The van der Waals surface area contributed by atoms with E-state index in [1.807, 2.05) is 50.2 Å². The molecular formula is C17H17BrN2O2. The molecule has 2 rings (SSSR count). The highest BCUT2D eigenvalue weighted by Gasteiger charge is 2.11. The number of halogens is 1. The molecule has 0 atom stereocenters. The highest BCUT2D eigenvalue weighted by molar-refractivity contribution is 9.10. The van der Waals surface area contributed by atoms with E-state index in [1.54, 1.807) is 6.07 Å². The van der Waals surface area contributed by atoms with Crippen molar-refractivity contribution >= 4 is 39.1 Å². The van der Waals surface area contributed by atoms with Gasteiger partial charge in [-0.05, 0) is 49.7 Å². The topological polar surface area (TPSA) is 58.2 Å². The Morgan fingerprint density at radius 3 is 2.23 bits per heavy atom. The Kier molecular flexibility index (Phi) is 5.33. The number of hydrogen-bond donors (Lipinski definition) is 2. The molecule has 0 fully saturated rings. The quantitative estimate of drug-likeness (QED) is 0.808. The average molecular weight is 361 g/mol. The molecule has 0 saturated carbocycles. The number of anilines is 2. The van der Waals surface area contributed by atoms with E-state index >= 15 is 0 Å². The maximum atomic E-state index is 11.9. The predicted molar refractivity (Wildman–Crippen MR) is 91.9 cm³/mol. The second kappa shape index (κ2) is 7.22. The van der Waals surface area contributed by atoms with Crippen LogP contribution >= 0.6 is 15.9 Å². The van der Waals surface area contributed by atoms with Crippen LogP contribution in [0.1, 0.15) is 17.5 Å². The molecule has 0 aromatic heterocycles. The monoisotopic (exact) mass is 360 g/mol. The van der Waals surface area contributed by atoms with Crippen LogP contribution in [0.25, 0.3) is 0 Å². The molecule has 0 radical (unpaired) electrons. The third-order valence-electron chi connectivity index (χ3n) is 3.12. The molecule has 2 N–H and O–H groups in total. The highest BCUT2D eigenvalue weighted by Crippen LogP contribution is 2.20. The fourth-order valence-electron chi connectivity index (χ4n) is 1.95. The van der Waals surface area contributed by atoms with Crippen LogP contribution in [0.2, 0.25) is 0 Å². The predicted octanol–water partition coefficient (Wildman–Crippen LogP) is 4.03. The first-order valence-electron chi connectivity index (χ1n) is 6.86. The summed E-state index contributed by atoms with van der Waals surface area (Å²) in [4.78, 5) is 23.8. The number of carbonyl (C=O) groups excluding carboxylic acids is 2. The lowest BCUT2D eigenvalue weighted by Crippen LogP contribution is -2.21. The summed E-state index contributed by atoms with van der Waals surface area (Å²) < 4.78 is 0.945. The molecule has 4 nitrogen and oxygen atoms in total. The molecule has 0 saturated heterocycles. The van der Waals surface area contributed by atoms with E-state index in [4.69, 9.17) is 0 Å². The van der Waals surface area contributed by atoms with Gasteiger partial charge in [0, 0.05) is 15.8 Å². The first kappa shape index (κ1) is 16.2. The van der Waals surface area contributed by atoms with Crippen LogP contribution in [0.5, 0.6) is 0 Å². The number of nitrogens with one attached hydrogen (secondary N) is 2. The van der Waals surface area contributed by atoms with E-state index in [1.165, 1.54) is 0 Å². The van der Waals surface area contributed by atoms with Gasteiger partial charge in [0.1, 0.15) is 6.42 Å². The Labute approximate surface area is 138 Å². The second-order valence-corrected chi connectivity index (χ2v) is 6.01. The largest absolute Gasteiger partial charge is 0.326 e. The van der Waals surface area contributed by atoms with Gasteiger partial charge in [0.15, 0.2) is 0 Å². The molecule has 2 amide bonds. The Morgan fingerprint density at radius 1 is 0.955 bits per heavy atom. The fourth-order valence-corrected chi connectivity index (χ4v) is 2.43. The zero-order chi connectivity index (χ0) is 16.1. The van der Waals surface area contributed by atoms with Gasteiger partial charge in [-0.2, -0.15) is 0 Å². The smallest absolute Gasteiger partial charge is 0.233 e. The van der Waals surface area contributed by atoms with Gasteiger partial charge in [-0.15, -0.1) is 0 Å². The van der Waals surface area contributed by atoms with Crippen LogP contribution in [0, 0.1) is 13.8 Å². The van der Waals surface area contributed by atoms with E-state index in [0.717, 1.165) is 15.6 Å². The van der Waals surface area contributed by atoms with Gasteiger partial charge in [-0.1, -0.05) is 33.6 Å². The Hall–Kier alpha value is -2.14. The number of benzene rings is 2. The highest BCUT2D eigenvalue weighted by atomic mass is 79.9. The minimum absolute atomic E-state index is 0.219. The minimum Gasteiger partial charge on any atom is -0.326 e. The van der Waals surface area contributed by atoms with Gasteiger partial charge in [0.25, 0.3) is 0 Å². The number of rotatable bonds is 4. The van der Waals surface area contributed by atoms with Crippen molar-refractivity contribution in [2.75, 3.05) is 10.6 Å². The lowest BCUT2D eigenvalue weighted by Gasteiger charge is -2.09. The van der Waals surface area contributed by atoms with Crippen molar-refractivity contribution in [1.82, 2.24) is 0 Å². The van der Waals surface area contributed by atoms with Gasteiger partial charge in [0.2, 0.25) is 11.8 Å². The lowest BCUT2D eigenvalue weighted by atomic mass is 10.2. The SMILES string of the molecule is Cc1ccc(NC(=O)CC(=O)Nc2ccc(Br)cc2C)cc1. The van der Waals surface area contributed by atoms with Crippen molar-refractivity contribution < 1.29 is 9.59 Å². The second-order valence-electron chi connectivity index (χ2n) is 5.10. The summed E-state index contributed by atoms with van der Waals surface area (Å²) in [7, 11) is 0. The summed E-state index contributed by atoms with van der Waals surface area (Å²) in [6.45, 7) is 3.87. The normalized spacial score (nSPS) is 10.1. The molecular weight excluding hydrogens is 344 g/mol. The molecule has 0 unspecified atom stereocenters. The fraction of sp³-hybridized carbons (Fsp3) is 0.176. The Balaban J connectivity index is 1.91. The number of amides is 2. The van der Waals surface area contributed by atoms with Crippen LogP contribution in [-0.4, -0.2) is 11.8 Å². The van der Waals surface area contributed by atoms with Crippen molar-refractivity contribution in [1.29, 1.82) is 0 Å². The van der Waals surface area contributed by atoms with Gasteiger partial charge in [-0.3, -0.25) is 9.59 Å². The summed E-state index contributed by atoms with van der Waals surface area (Å²) in [6.07, 6.45) is -0.219. The number of carbonyl (C=O) groups is 2. The van der Waals surface area contributed by atoms with E-state index < -0.39 is 0 Å². The summed E-state index contributed by atoms with van der Waals surface area (Å²) in [5.41, 5.74) is 3.43. The summed E-state index contributed by atoms with van der Waals surface area (Å²) in [5, 5.41) is 5.44. The Bertz CT molecular complexity index is 696. The summed E-state index contributed by atoms with van der Waals surface area (Å²) in [6, 6.07) is 13.0. The van der Waals surface area contributed by atoms with E-state index in [2.05, 4.69) is 26.6 Å².